The van der Waals surface area contributed by atoms with Gasteiger partial charge in [0, 0.05) is 24.7 Å². The molecule has 0 spiro atoms. The Labute approximate surface area is 114 Å². The lowest BCUT2D eigenvalue weighted by Crippen LogP contribution is -2.34. The van der Waals surface area contributed by atoms with Crippen molar-refractivity contribution in [2.24, 2.45) is 0 Å². The van der Waals surface area contributed by atoms with E-state index < -0.39 is 17.6 Å². The number of carbonyl (C=O) groups is 1. The zero-order chi connectivity index (χ0) is 14.3. The van der Waals surface area contributed by atoms with Crippen molar-refractivity contribution in [2.45, 2.75) is 44.6 Å². The van der Waals surface area contributed by atoms with Crippen molar-refractivity contribution < 1.29 is 18.0 Å². The van der Waals surface area contributed by atoms with Crippen LogP contribution in [0.3, 0.4) is 0 Å². The van der Waals surface area contributed by atoms with E-state index >= 15 is 0 Å². The maximum absolute atomic E-state index is 13.1. The van der Waals surface area contributed by atoms with E-state index in [-0.39, 0.29) is 17.7 Å². The molecule has 1 heterocycles. The highest BCUT2D eigenvalue weighted by molar-refractivity contribution is 5.99. The zero-order valence-electron chi connectivity index (χ0n) is 10.8. The molecule has 1 aromatic carbocycles. The lowest BCUT2D eigenvalue weighted by atomic mass is 9.92. The standard InChI is InChI=1S/C14H15F3N2O/c15-14(16,17)12-5-8(6-18-9-2-1-3-9)4-10-11(12)7-19-13(10)20/h4-5,9,18H,1-3,6-7H2,(H,19,20). The average molecular weight is 284 g/mol. The Balaban J connectivity index is 1.91. The molecule has 1 aliphatic carbocycles. The molecule has 1 saturated carbocycles. The summed E-state index contributed by atoms with van der Waals surface area (Å²) < 4.78 is 39.2. The minimum Gasteiger partial charge on any atom is -0.348 e. The van der Waals surface area contributed by atoms with Crippen molar-refractivity contribution in [3.63, 3.8) is 0 Å². The number of hydrogen-bond donors (Lipinski definition) is 2. The van der Waals surface area contributed by atoms with Gasteiger partial charge in [-0.25, -0.2) is 0 Å². The Bertz CT molecular complexity index is 550. The fourth-order valence-corrected chi connectivity index (χ4v) is 2.62. The Hall–Kier alpha value is -1.56. The Kier molecular flexibility index (Phi) is 3.20. The summed E-state index contributed by atoms with van der Waals surface area (Å²) in [6.07, 6.45) is -1.13. The molecule has 0 saturated heterocycles. The number of hydrogen-bond acceptors (Lipinski definition) is 2. The normalized spacial score (nSPS) is 18.6. The number of halogens is 3. The second-order valence-corrected chi connectivity index (χ2v) is 5.36. The van der Waals surface area contributed by atoms with E-state index in [4.69, 9.17) is 0 Å². The highest BCUT2D eigenvalue weighted by Gasteiger charge is 2.37. The molecule has 6 heteroatoms. The van der Waals surface area contributed by atoms with Crippen LogP contribution in [0, 0.1) is 0 Å². The van der Waals surface area contributed by atoms with E-state index in [0.717, 1.165) is 25.3 Å². The molecule has 2 aliphatic rings. The molecule has 1 aliphatic heterocycles. The quantitative estimate of drug-likeness (QED) is 0.895. The summed E-state index contributed by atoms with van der Waals surface area (Å²) in [6.45, 7) is 0.327. The third kappa shape index (κ3) is 2.40. The molecule has 20 heavy (non-hydrogen) atoms. The van der Waals surface area contributed by atoms with Crippen LogP contribution in [0.2, 0.25) is 0 Å². The Morgan fingerprint density at radius 2 is 2.05 bits per heavy atom. The maximum Gasteiger partial charge on any atom is 0.416 e. The molecular formula is C14H15F3N2O. The molecule has 1 fully saturated rings. The molecule has 0 unspecified atom stereocenters. The molecule has 0 bridgehead atoms. The van der Waals surface area contributed by atoms with Gasteiger partial charge in [-0.15, -0.1) is 0 Å². The first-order valence-corrected chi connectivity index (χ1v) is 6.70. The van der Waals surface area contributed by atoms with E-state index in [1.54, 1.807) is 6.07 Å². The molecular weight excluding hydrogens is 269 g/mol. The second kappa shape index (κ2) is 4.77. The van der Waals surface area contributed by atoms with Gasteiger partial charge in [0.05, 0.1) is 5.56 Å². The summed E-state index contributed by atoms with van der Waals surface area (Å²) in [7, 11) is 0. The molecule has 3 nitrogen and oxygen atoms in total. The van der Waals surface area contributed by atoms with Gasteiger partial charge >= 0.3 is 6.18 Å². The van der Waals surface area contributed by atoms with E-state index in [1.165, 1.54) is 0 Å². The lowest BCUT2D eigenvalue weighted by Gasteiger charge is -2.26. The van der Waals surface area contributed by atoms with Gasteiger partial charge in [0.25, 0.3) is 5.91 Å². The number of nitrogens with one attached hydrogen (secondary N) is 2. The molecule has 1 aromatic rings. The van der Waals surface area contributed by atoms with Crippen LogP contribution in [0.5, 0.6) is 0 Å². The smallest absolute Gasteiger partial charge is 0.348 e. The van der Waals surface area contributed by atoms with Gasteiger partial charge in [0.2, 0.25) is 0 Å². The number of carbonyl (C=O) groups excluding carboxylic acids is 1. The summed E-state index contributed by atoms with van der Waals surface area (Å²) in [4.78, 5) is 11.6. The van der Waals surface area contributed by atoms with Crippen molar-refractivity contribution in [2.75, 3.05) is 0 Å². The fraction of sp³-hybridized carbons (Fsp3) is 0.500. The van der Waals surface area contributed by atoms with Crippen molar-refractivity contribution in [1.29, 1.82) is 0 Å². The molecule has 0 aromatic heterocycles. The molecule has 0 radical (unpaired) electrons. The fourth-order valence-electron chi connectivity index (χ4n) is 2.62. The van der Waals surface area contributed by atoms with E-state index in [2.05, 4.69) is 10.6 Å². The summed E-state index contributed by atoms with van der Waals surface area (Å²) in [5.41, 5.74) is 0.0407. The highest BCUT2D eigenvalue weighted by Crippen LogP contribution is 2.36. The predicted molar refractivity (Wildman–Crippen MR) is 67.1 cm³/mol. The van der Waals surface area contributed by atoms with Gasteiger partial charge in [0.15, 0.2) is 0 Å². The lowest BCUT2D eigenvalue weighted by molar-refractivity contribution is -0.138. The molecule has 2 N–H and O–H groups in total. The molecule has 3 rings (SSSR count). The summed E-state index contributed by atoms with van der Waals surface area (Å²) >= 11 is 0. The minimum absolute atomic E-state index is 0.0423. The van der Waals surface area contributed by atoms with Gasteiger partial charge in [-0.1, -0.05) is 6.42 Å². The summed E-state index contributed by atoms with van der Waals surface area (Å²) in [5, 5.41) is 5.67. The maximum atomic E-state index is 13.1. The van der Waals surface area contributed by atoms with Gasteiger partial charge in [-0.05, 0) is 36.1 Å². The van der Waals surface area contributed by atoms with Crippen molar-refractivity contribution in [1.82, 2.24) is 10.6 Å². The summed E-state index contributed by atoms with van der Waals surface area (Å²) in [5.74, 6) is -0.420. The second-order valence-electron chi connectivity index (χ2n) is 5.36. The predicted octanol–water partition coefficient (Wildman–Crippen LogP) is 2.59. The van der Waals surface area contributed by atoms with Crippen LogP contribution < -0.4 is 10.6 Å². The van der Waals surface area contributed by atoms with Crippen LogP contribution >= 0.6 is 0 Å². The van der Waals surface area contributed by atoms with Gasteiger partial charge in [-0.2, -0.15) is 13.2 Å². The third-order valence-corrected chi connectivity index (χ3v) is 3.99. The highest BCUT2D eigenvalue weighted by atomic mass is 19.4. The van der Waals surface area contributed by atoms with Crippen molar-refractivity contribution >= 4 is 5.91 Å². The first-order valence-electron chi connectivity index (χ1n) is 6.70. The van der Waals surface area contributed by atoms with E-state index in [9.17, 15) is 18.0 Å². The number of alkyl halides is 3. The van der Waals surface area contributed by atoms with Gasteiger partial charge in [-0.3, -0.25) is 4.79 Å². The monoisotopic (exact) mass is 284 g/mol. The number of amides is 1. The van der Waals surface area contributed by atoms with Crippen LogP contribution in [0.15, 0.2) is 12.1 Å². The number of fused-ring (bicyclic) bond motifs is 1. The van der Waals surface area contributed by atoms with Gasteiger partial charge in [0.1, 0.15) is 0 Å². The number of rotatable bonds is 3. The largest absolute Gasteiger partial charge is 0.416 e. The topological polar surface area (TPSA) is 41.1 Å². The first kappa shape index (κ1) is 13.4. The number of benzene rings is 1. The van der Waals surface area contributed by atoms with Crippen LogP contribution in [0.4, 0.5) is 13.2 Å². The molecule has 108 valence electrons. The van der Waals surface area contributed by atoms with Crippen LogP contribution in [-0.2, 0) is 19.3 Å². The summed E-state index contributed by atoms with van der Waals surface area (Å²) in [6, 6.07) is 3.12. The van der Waals surface area contributed by atoms with Crippen molar-refractivity contribution in [3.8, 4) is 0 Å². The minimum atomic E-state index is -4.43. The van der Waals surface area contributed by atoms with E-state index in [1.807, 2.05) is 0 Å². The van der Waals surface area contributed by atoms with E-state index in [0.29, 0.717) is 18.2 Å². The SMILES string of the molecule is O=C1NCc2c1cc(CNC1CCC1)cc2C(F)(F)F. The van der Waals surface area contributed by atoms with Crippen LogP contribution in [0.25, 0.3) is 0 Å². The van der Waals surface area contributed by atoms with Crippen LogP contribution in [-0.4, -0.2) is 11.9 Å². The zero-order valence-corrected chi connectivity index (χ0v) is 10.8. The Morgan fingerprint density at radius 1 is 1.30 bits per heavy atom. The average Bonchev–Trinajstić information content (AvgIpc) is 2.67. The van der Waals surface area contributed by atoms with Crippen molar-refractivity contribution in [3.05, 3.63) is 34.4 Å². The Morgan fingerprint density at radius 3 is 2.65 bits per heavy atom. The van der Waals surface area contributed by atoms with Gasteiger partial charge < -0.3 is 10.6 Å². The van der Waals surface area contributed by atoms with Crippen LogP contribution in [0.1, 0.15) is 46.3 Å². The molecule has 0 atom stereocenters. The first-order chi connectivity index (χ1) is 9.45. The molecule has 1 amide bonds. The third-order valence-electron chi connectivity index (χ3n) is 3.99.